The van der Waals surface area contributed by atoms with Gasteiger partial charge in [-0.1, -0.05) is 31.2 Å². The molecule has 2 heterocycles. The summed E-state index contributed by atoms with van der Waals surface area (Å²) in [5.74, 6) is 0.184. The fourth-order valence-corrected chi connectivity index (χ4v) is 4.73. The predicted octanol–water partition coefficient (Wildman–Crippen LogP) is 3.97. The topological polar surface area (TPSA) is 60.9 Å². The molecule has 0 aromatic heterocycles. The third kappa shape index (κ3) is 4.69. The van der Waals surface area contributed by atoms with Gasteiger partial charge in [0.1, 0.15) is 0 Å². The fourth-order valence-electron chi connectivity index (χ4n) is 4.73. The van der Waals surface area contributed by atoms with Crippen molar-refractivity contribution in [1.82, 2.24) is 9.80 Å². The Bertz CT molecular complexity index is 967. The normalized spacial score (nSPS) is 17.0. The lowest BCUT2D eigenvalue weighted by Gasteiger charge is -2.38. The number of hydrogen-bond acceptors (Lipinski definition) is 3. The molecular weight excluding hydrogens is 402 g/mol. The van der Waals surface area contributed by atoms with Crippen LogP contribution in [0.5, 0.6) is 0 Å². The first-order chi connectivity index (χ1) is 15.6. The Morgan fingerprint density at radius 1 is 0.969 bits per heavy atom. The third-order valence-corrected chi connectivity index (χ3v) is 6.42. The van der Waals surface area contributed by atoms with E-state index < -0.39 is 0 Å². The Morgan fingerprint density at radius 2 is 1.69 bits per heavy atom. The molecule has 2 aliphatic heterocycles. The Kier molecular flexibility index (Phi) is 6.88. The van der Waals surface area contributed by atoms with E-state index in [0.29, 0.717) is 43.7 Å². The number of carbonyl (C=O) groups is 3. The molecule has 3 amide bonds. The molecule has 4 rings (SSSR count). The molecule has 0 saturated carbocycles. The van der Waals surface area contributed by atoms with Crippen LogP contribution in [0, 0.1) is 0 Å². The highest BCUT2D eigenvalue weighted by Crippen LogP contribution is 2.25. The molecule has 0 atom stereocenters. The molecule has 2 saturated heterocycles. The van der Waals surface area contributed by atoms with Gasteiger partial charge in [-0.3, -0.25) is 14.4 Å². The number of amides is 3. The fraction of sp³-hybridized carbons (Fsp3) is 0.423. The molecule has 2 aromatic rings. The minimum atomic E-state index is 0.00758. The standard InChI is InChI=1S/C26H31N3O3/c1-2-15-29(22-13-17-27(18-14-22)25(31)20-8-4-3-5-9-20)26(32)21-10-6-11-23(19-21)28-16-7-12-24(28)30/h3-6,8-11,19,22H,2,7,12-18H2,1H3. The highest BCUT2D eigenvalue weighted by molar-refractivity contribution is 5.99. The molecule has 0 radical (unpaired) electrons. The van der Waals surface area contributed by atoms with E-state index in [2.05, 4.69) is 6.92 Å². The molecule has 2 aromatic carbocycles. The minimum absolute atomic E-state index is 0.00758. The molecule has 0 bridgehead atoms. The van der Waals surface area contributed by atoms with Gasteiger partial charge in [-0.15, -0.1) is 0 Å². The lowest BCUT2D eigenvalue weighted by molar-refractivity contribution is -0.117. The molecule has 168 valence electrons. The lowest BCUT2D eigenvalue weighted by Crippen LogP contribution is -2.49. The molecule has 0 unspecified atom stereocenters. The molecule has 6 nitrogen and oxygen atoms in total. The van der Waals surface area contributed by atoms with Crippen LogP contribution in [0.4, 0.5) is 5.69 Å². The second-order valence-electron chi connectivity index (χ2n) is 8.59. The van der Waals surface area contributed by atoms with Crippen molar-refractivity contribution in [1.29, 1.82) is 0 Å². The zero-order chi connectivity index (χ0) is 22.5. The summed E-state index contributed by atoms with van der Waals surface area (Å²) in [6, 6.07) is 16.9. The van der Waals surface area contributed by atoms with Crippen molar-refractivity contribution in [3.05, 3.63) is 65.7 Å². The van der Waals surface area contributed by atoms with E-state index in [9.17, 15) is 14.4 Å². The van der Waals surface area contributed by atoms with E-state index >= 15 is 0 Å². The highest BCUT2D eigenvalue weighted by atomic mass is 16.2. The SMILES string of the molecule is CCCN(C(=O)c1cccc(N2CCCC2=O)c1)C1CCN(C(=O)c2ccccc2)CC1. The number of rotatable bonds is 6. The molecule has 2 aliphatic rings. The van der Waals surface area contributed by atoms with Gasteiger partial charge in [-0.05, 0) is 56.0 Å². The monoisotopic (exact) mass is 433 g/mol. The third-order valence-electron chi connectivity index (χ3n) is 6.42. The summed E-state index contributed by atoms with van der Waals surface area (Å²) in [4.78, 5) is 44.0. The van der Waals surface area contributed by atoms with Gasteiger partial charge in [-0.2, -0.15) is 0 Å². The summed E-state index contributed by atoms with van der Waals surface area (Å²) in [7, 11) is 0. The van der Waals surface area contributed by atoms with Crippen molar-refractivity contribution >= 4 is 23.4 Å². The molecule has 0 N–H and O–H groups in total. The minimum Gasteiger partial charge on any atom is -0.338 e. The Balaban J connectivity index is 1.44. The smallest absolute Gasteiger partial charge is 0.254 e. The number of anilines is 1. The first-order valence-electron chi connectivity index (χ1n) is 11.6. The molecular formula is C26H31N3O3. The van der Waals surface area contributed by atoms with Gasteiger partial charge in [-0.25, -0.2) is 0 Å². The van der Waals surface area contributed by atoms with E-state index in [1.54, 1.807) is 4.90 Å². The number of likely N-dealkylation sites (tertiary alicyclic amines) is 1. The maximum Gasteiger partial charge on any atom is 0.254 e. The van der Waals surface area contributed by atoms with Crippen molar-refractivity contribution in [3.63, 3.8) is 0 Å². The van der Waals surface area contributed by atoms with Crippen molar-refractivity contribution in [3.8, 4) is 0 Å². The zero-order valence-electron chi connectivity index (χ0n) is 18.7. The largest absolute Gasteiger partial charge is 0.338 e. The first-order valence-corrected chi connectivity index (χ1v) is 11.6. The van der Waals surface area contributed by atoms with Crippen LogP contribution in [0.2, 0.25) is 0 Å². The molecule has 0 spiro atoms. The van der Waals surface area contributed by atoms with Gasteiger partial charge in [0.2, 0.25) is 5.91 Å². The van der Waals surface area contributed by atoms with Crippen LogP contribution in [-0.4, -0.2) is 59.7 Å². The van der Waals surface area contributed by atoms with Gasteiger partial charge in [0, 0.05) is 55.5 Å². The number of benzene rings is 2. The van der Waals surface area contributed by atoms with Crippen LogP contribution in [0.25, 0.3) is 0 Å². The Morgan fingerprint density at radius 3 is 2.34 bits per heavy atom. The second kappa shape index (κ2) is 9.98. The van der Waals surface area contributed by atoms with Crippen molar-refractivity contribution in [2.24, 2.45) is 0 Å². The van der Waals surface area contributed by atoms with Gasteiger partial charge >= 0.3 is 0 Å². The van der Waals surface area contributed by atoms with Crippen LogP contribution >= 0.6 is 0 Å². The maximum absolute atomic E-state index is 13.5. The van der Waals surface area contributed by atoms with E-state index in [0.717, 1.165) is 31.4 Å². The highest BCUT2D eigenvalue weighted by Gasteiger charge is 2.30. The zero-order valence-corrected chi connectivity index (χ0v) is 18.7. The van der Waals surface area contributed by atoms with Gasteiger partial charge in [0.15, 0.2) is 0 Å². The van der Waals surface area contributed by atoms with Gasteiger partial charge in [0.25, 0.3) is 11.8 Å². The lowest BCUT2D eigenvalue weighted by atomic mass is 10.0. The van der Waals surface area contributed by atoms with Crippen LogP contribution < -0.4 is 4.90 Å². The summed E-state index contributed by atoms with van der Waals surface area (Å²) in [5.41, 5.74) is 2.14. The van der Waals surface area contributed by atoms with Crippen LogP contribution in [0.15, 0.2) is 54.6 Å². The van der Waals surface area contributed by atoms with Crippen molar-refractivity contribution in [2.75, 3.05) is 31.1 Å². The Labute approximate surface area is 189 Å². The first kappa shape index (κ1) is 22.1. The van der Waals surface area contributed by atoms with Gasteiger partial charge in [0.05, 0.1) is 0 Å². The summed E-state index contributed by atoms with van der Waals surface area (Å²) in [6.45, 7) is 4.77. The second-order valence-corrected chi connectivity index (χ2v) is 8.59. The molecule has 2 fully saturated rings. The summed E-state index contributed by atoms with van der Waals surface area (Å²) < 4.78 is 0. The number of piperidine rings is 1. The maximum atomic E-state index is 13.5. The summed E-state index contributed by atoms with van der Waals surface area (Å²) >= 11 is 0. The number of nitrogens with zero attached hydrogens (tertiary/aromatic N) is 3. The average Bonchev–Trinajstić information content (AvgIpc) is 3.28. The van der Waals surface area contributed by atoms with Crippen LogP contribution in [0.1, 0.15) is 59.7 Å². The summed E-state index contributed by atoms with van der Waals surface area (Å²) in [5, 5.41) is 0. The van der Waals surface area contributed by atoms with E-state index in [1.807, 2.05) is 64.4 Å². The van der Waals surface area contributed by atoms with Crippen molar-refractivity contribution < 1.29 is 14.4 Å². The van der Waals surface area contributed by atoms with E-state index in [-0.39, 0.29) is 23.8 Å². The average molecular weight is 434 g/mol. The van der Waals surface area contributed by atoms with Crippen molar-refractivity contribution in [2.45, 2.75) is 45.1 Å². The van der Waals surface area contributed by atoms with Crippen LogP contribution in [-0.2, 0) is 4.79 Å². The molecule has 6 heteroatoms. The molecule has 0 aliphatic carbocycles. The van der Waals surface area contributed by atoms with E-state index in [1.165, 1.54) is 0 Å². The number of hydrogen-bond donors (Lipinski definition) is 0. The van der Waals surface area contributed by atoms with Gasteiger partial charge < -0.3 is 14.7 Å². The molecule has 32 heavy (non-hydrogen) atoms. The predicted molar refractivity (Wildman–Crippen MR) is 125 cm³/mol. The summed E-state index contributed by atoms with van der Waals surface area (Å²) in [6.07, 6.45) is 3.85. The number of carbonyl (C=O) groups excluding carboxylic acids is 3. The Hall–Kier alpha value is -3.15. The van der Waals surface area contributed by atoms with E-state index in [4.69, 9.17) is 0 Å². The quantitative estimate of drug-likeness (QED) is 0.693. The van der Waals surface area contributed by atoms with Crippen LogP contribution in [0.3, 0.4) is 0 Å².